The van der Waals surface area contributed by atoms with Gasteiger partial charge in [-0.3, -0.25) is 15.1 Å². The summed E-state index contributed by atoms with van der Waals surface area (Å²) in [7, 11) is 3.15. The molecule has 1 aromatic carbocycles. The van der Waals surface area contributed by atoms with Crippen molar-refractivity contribution in [2.24, 2.45) is 4.99 Å². The quantitative estimate of drug-likeness (QED) is 0.703. The molecule has 3 aliphatic heterocycles. The highest BCUT2D eigenvalue weighted by Gasteiger charge is 2.46. The number of piperidine rings is 1. The Morgan fingerprint density at radius 3 is 2.72 bits per heavy atom. The zero-order valence-corrected chi connectivity index (χ0v) is 20.5. The lowest BCUT2D eigenvalue weighted by Crippen LogP contribution is -2.57. The molecule has 1 spiro atoms. The highest BCUT2D eigenvalue weighted by Crippen LogP contribution is 2.38. The minimum absolute atomic E-state index is 0.192. The second kappa shape index (κ2) is 9.25. The van der Waals surface area contributed by atoms with Gasteiger partial charge in [-0.2, -0.15) is 4.98 Å². The number of hydrogen-bond acceptors (Lipinski definition) is 7. The van der Waals surface area contributed by atoms with Gasteiger partial charge in [0.2, 0.25) is 5.88 Å². The smallest absolute Gasteiger partial charge is 0.413 e. The molecule has 4 heterocycles. The number of rotatable bonds is 3. The first-order chi connectivity index (χ1) is 17.4. The number of hydrogen-bond donors (Lipinski definition) is 1. The fourth-order valence-corrected chi connectivity index (χ4v) is 5.30. The molecule has 1 aromatic heterocycles. The van der Waals surface area contributed by atoms with E-state index in [1.165, 1.54) is 19.2 Å². The minimum atomic E-state index is -0.755. The molecule has 10 heteroatoms. The molecule has 0 bridgehead atoms. The standard InChI is InChI=1S/C26H28FN5O4/c1-4-19-23(28-2)30-25(34)36-26(19)8-11-31(12-9-26)21-14-17(15-22(29-21)35-3)24(33)32-10-7-16-13-18(27)5-6-20(16)32/h4-6,13-15H,7-12H2,1-3H3,(H,28,30,34)/b19-4+. The molecular formula is C26H28FN5O4. The summed E-state index contributed by atoms with van der Waals surface area (Å²) in [5, 5.41) is 2.67. The normalized spacial score (nSPS) is 20.9. The number of carbonyl (C=O) groups excluding carboxylic acids is 2. The molecular weight excluding hydrogens is 465 g/mol. The van der Waals surface area contributed by atoms with E-state index in [4.69, 9.17) is 9.47 Å². The Hall–Kier alpha value is -3.95. The maximum Gasteiger partial charge on any atom is 0.413 e. The van der Waals surface area contributed by atoms with Crippen LogP contribution in [0, 0.1) is 5.82 Å². The summed E-state index contributed by atoms with van der Waals surface area (Å²) in [4.78, 5) is 38.2. The van der Waals surface area contributed by atoms with Crippen LogP contribution in [0.15, 0.2) is 47.0 Å². The van der Waals surface area contributed by atoms with E-state index in [1.54, 1.807) is 30.1 Å². The number of amidine groups is 1. The summed E-state index contributed by atoms with van der Waals surface area (Å²) in [5.74, 6) is 0.968. The van der Waals surface area contributed by atoms with Crippen molar-refractivity contribution in [2.75, 3.05) is 43.6 Å². The first-order valence-corrected chi connectivity index (χ1v) is 11.9. The number of carbonyl (C=O) groups is 2. The van der Waals surface area contributed by atoms with Gasteiger partial charge in [0.15, 0.2) is 0 Å². The zero-order chi connectivity index (χ0) is 25.4. The number of methoxy groups -OCH3 is 1. The molecule has 2 fully saturated rings. The van der Waals surface area contributed by atoms with Gasteiger partial charge in [0.05, 0.1) is 7.11 Å². The van der Waals surface area contributed by atoms with Crippen LogP contribution in [0.1, 0.15) is 35.7 Å². The van der Waals surface area contributed by atoms with Crippen LogP contribution in [-0.4, -0.2) is 62.2 Å². The molecule has 9 nitrogen and oxygen atoms in total. The number of amides is 2. The van der Waals surface area contributed by atoms with E-state index in [0.717, 1.165) is 16.8 Å². The molecule has 188 valence electrons. The van der Waals surface area contributed by atoms with Gasteiger partial charge in [0, 0.05) is 62.4 Å². The van der Waals surface area contributed by atoms with Crippen LogP contribution < -0.4 is 19.9 Å². The molecule has 0 saturated carbocycles. The third-order valence-corrected chi connectivity index (χ3v) is 7.09. The number of pyridine rings is 1. The molecule has 0 radical (unpaired) electrons. The zero-order valence-electron chi connectivity index (χ0n) is 20.5. The number of alkyl carbamates (subject to hydrolysis) is 1. The molecule has 2 aromatic rings. The van der Waals surface area contributed by atoms with E-state index < -0.39 is 11.7 Å². The summed E-state index contributed by atoms with van der Waals surface area (Å²) < 4.78 is 24.8. The maximum absolute atomic E-state index is 13.6. The van der Waals surface area contributed by atoms with Gasteiger partial charge in [-0.25, -0.2) is 9.18 Å². The Balaban J connectivity index is 1.39. The van der Waals surface area contributed by atoms with E-state index in [-0.39, 0.29) is 11.7 Å². The lowest BCUT2D eigenvalue weighted by atomic mass is 9.82. The molecule has 0 unspecified atom stereocenters. The Morgan fingerprint density at radius 1 is 1.25 bits per heavy atom. The van der Waals surface area contributed by atoms with Gasteiger partial charge in [-0.15, -0.1) is 0 Å². The number of ether oxygens (including phenoxy) is 2. The van der Waals surface area contributed by atoms with E-state index in [0.29, 0.717) is 62.0 Å². The molecule has 3 aliphatic rings. The Morgan fingerprint density at radius 2 is 2.03 bits per heavy atom. The van der Waals surface area contributed by atoms with Crippen molar-refractivity contribution in [3.05, 3.63) is 58.9 Å². The number of aliphatic imine (C=N–C) groups is 1. The molecule has 36 heavy (non-hydrogen) atoms. The van der Waals surface area contributed by atoms with Crippen LogP contribution in [0.25, 0.3) is 0 Å². The third-order valence-electron chi connectivity index (χ3n) is 7.09. The van der Waals surface area contributed by atoms with Crippen molar-refractivity contribution in [3.63, 3.8) is 0 Å². The SMILES string of the molecule is C/C=C1\C(=NC)NC(=O)OC12CCN(c1cc(C(=O)N3CCc4cc(F)ccc43)cc(OC)n1)CC2. The number of nitrogens with one attached hydrogen (secondary N) is 1. The van der Waals surface area contributed by atoms with Gasteiger partial charge in [0.25, 0.3) is 5.91 Å². The van der Waals surface area contributed by atoms with Crippen molar-refractivity contribution in [2.45, 2.75) is 31.8 Å². The second-order valence-electron chi connectivity index (χ2n) is 9.01. The molecule has 2 amide bonds. The van der Waals surface area contributed by atoms with Crippen LogP contribution >= 0.6 is 0 Å². The van der Waals surface area contributed by atoms with Gasteiger partial charge in [-0.05, 0) is 43.2 Å². The van der Waals surface area contributed by atoms with E-state index in [2.05, 4.69) is 20.2 Å². The van der Waals surface area contributed by atoms with Crippen molar-refractivity contribution < 1.29 is 23.5 Å². The average molecular weight is 494 g/mol. The topological polar surface area (TPSA) is 96.4 Å². The second-order valence-corrected chi connectivity index (χ2v) is 9.01. The highest BCUT2D eigenvalue weighted by molar-refractivity contribution is 6.10. The van der Waals surface area contributed by atoms with E-state index in [9.17, 15) is 14.0 Å². The van der Waals surface area contributed by atoms with Crippen molar-refractivity contribution in [1.29, 1.82) is 0 Å². The van der Waals surface area contributed by atoms with E-state index >= 15 is 0 Å². The Labute approximate surface area is 208 Å². The van der Waals surface area contributed by atoms with Gasteiger partial charge in [0.1, 0.15) is 23.1 Å². The van der Waals surface area contributed by atoms with Gasteiger partial charge >= 0.3 is 6.09 Å². The monoisotopic (exact) mass is 493 g/mol. The average Bonchev–Trinajstić information content (AvgIpc) is 3.30. The van der Waals surface area contributed by atoms with Crippen molar-refractivity contribution >= 4 is 29.3 Å². The fraction of sp³-hybridized carbons (Fsp3) is 0.385. The van der Waals surface area contributed by atoms with Gasteiger partial charge < -0.3 is 19.3 Å². The number of halogens is 1. The maximum atomic E-state index is 13.6. The summed E-state index contributed by atoms with van der Waals surface area (Å²) in [6.45, 7) is 3.50. The van der Waals surface area contributed by atoms with Crippen molar-refractivity contribution in [3.8, 4) is 5.88 Å². The molecule has 0 aliphatic carbocycles. The van der Waals surface area contributed by atoms with Crippen molar-refractivity contribution in [1.82, 2.24) is 10.3 Å². The lowest BCUT2D eigenvalue weighted by molar-refractivity contribution is 0.0207. The number of aromatic nitrogens is 1. The van der Waals surface area contributed by atoms with Crippen LogP contribution in [-0.2, 0) is 11.2 Å². The third kappa shape index (κ3) is 4.06. The number of nitrogens with zero attached hydrogens (tertiary/aromatic N) is 4. The number of anilines is 2. The molecule has 0 atom stereocenters. The van der Waals surface area contributed by atoms with Crippen LogP contribution in [0.2, 0.25) is 0 Å². The first-order valence-electron chi connectivity index (χ1n) is 11.9. The minimum Gasteiger partial charge on any atom is -0.481 e. The number of fused-ring (bicyclic) bond motifs is 1. The summed E-state index contributed by atoms with van der Waals surface area (Å²) >= 11 is 0. The summed E-state index contributed by atoms with van der Waals surface area (Å²) in [6.07, 6.45) is 3.12. The fourth-order valence-electron chi connectivity index (χ4n) is 5.30. The van der Waals surface area contributed by atoms with E-state index in [1.807, 2.05) is 13.0 Å². The molecule has 1 N–H and O–H groups in total. The largest absolute Gasteiger partial charge is 0.481 e. The molecule has 2 saturated heterocycles. The van der Waals surface area contributed by atoms with Gasteiger partial charge in [-0.1, -0.05) is 6.08 Å². The number of benzene rings is 1. The Kier molecular flexibility index (Phi) is 6.11. The molecule has 5 rings (SSSR count). The van der Waals surface area contributed by atoms with Crippen LogP contribution in [0.5, 0.6) is 5.88 Å². The Bertz CT molecular complexity index is 1280. The van der Waals surface area contributed by atoms with Crippen LogP contribution in [0.4, 0.5) is 20.7 Å². The summed E-state index contributed by atoms with van der Waals surface area (Å²) in [5.41, 5.74) is 2.09. The predicted molar refractivity (Wildman–Crippen MR) is 133 cm³/mol. The predicted octanol–water partition coefficient (Wildman–Crippen LogP) is 3.49. The summed E-state index contributed by atoms with van der Waals surface area (Å²) in [6, 6.07) is 7.87. The lowest BCUT2D eigenvalue weighted by Gasteiger charge is -2.45. The number of allylic oxidation sites excluding steroid dienone is 1. The van der Waals surface area contributed by atoms with Crippen LogP contribution in [0.3, 0.4) is 0 Å². The highest BCUT2D eigenvalue weighted by atomic mass is 19.1. The first kappa shape index (κ1) is 23.8.